The Kier molecular flexibility index (Phi) is 5.28. The number of piperidine rings is 1. The zero-order chi connectivity index (χ0) is 16.4. The quantitative estimate of drug-likeness (QED) is 0.553. The molecule has 2 atom stereocenters. The van der Waals surface area contributed by atoms with E-state index in [4.69, 9.17) is 0 Å². The second-order valence-electron chi connectivity index (χ2n) is 6.71. The lowest BCUT2D eigenvalue weighted by Gasteiger charge is -2.44. The predicted molar refractivity (Wildman–Crippen MR) is 70.4 cm³/mol. The van der Waals surface area contributed by atoms with Gasteiger partial charge in [0.25, 0.3) is 0 Å². The van der Waals surface area contributed by atoms with Gasteiger partial charge in [0.15, 0.2) is 6.61 Å². The Labute approximate surface area is 122 Å². The van der Waals surface area contributed by atoms with Gasteiger partial charge in [0, 0.05) is 12.6 Å². The first-order valence-corrected chi connectivity index (χ1v) is 6.96. The molecule has 0 aromatic carbocycles. The van der Waals surface area contributed by atoms with E-state index in [0.29, 0.717) is 6.54 Å². The molecule has 1 rings (SSSR count). The first-order valence-electron chi connectivity index (χ1n) is 6.96. The van der Waals surface area contributed by atoms with Gasteiger partial charge >= 0.3 is 18.1 Å². The summed E-state index contributed by atoms with van der Waals surface area (Å²) >= 11 is 0. The third-order valence-corrected chi connectivity index (χ3v) is 3.62. The number of hydrogen-bond donors (Lipinski definition) is 0. The molecular weight excluding hydrogens is 287 g/mol. The normalized spacial score (nSPS) is 23.9. The maximum atomic E-state index is 12.1. The molecule has 0 radical (unpaired) electrons. The van der Waals surface area contributed by atoms with Gasteiger partial charge in [0.1, 0.15) is 0 Å². The van der Waals surface area contributed by atoms with Crippen molar-refractivity contribution in [2.75, 3.05) is 13.2 Å². The van der Waals surface area contributed by atoms with Gasteiger partial charge in [-0.3, -0.25) is 4.79 Å². The van der Waals surface area contributed by atoms with Crippen molar-refractivity contribution in [2.45, 2.75) is 52.8 Å². The van der Waals surface area contributed by atoms with E-state index in [-0.39, 0.29) is 17.4 Å². The summed E-state index contributed by atoms with van der Waals surface area (Å²) in [4.78, 5) is 25.0. The van der Waals surface area contributed by atoms with Crippen molar-refractivity contribution >= 4 is 11.9 Å². The topological polar surface area (TPSA) is 46.6 Å². The molecule has 7 heteroatoms. The van der Waals surface area contributed by atoms with Gasteiger partial charge < -0.3 is 9.64 Å². The molecule has 21 heavy (non-hydrogen) atoms. The monoisotopic (exact) mass is 309 g/mol. The van der Waals surface area contributed by atoms with E-state index in [2.05, 4.69) is 4.74 Å². The van der Waals surface area contributed by atoms with Crippen molar-refractivity contribution in [1.29, 1.82) is 0 Å². The molecular formula is C14H22F3NO3. The Morgan fingerprint density at radius 1 is 1.19 bits per heavy atom. The van der Waals surface area contributed by atoms with Crippen LogP contribution in [-0.2, 0) is 14.3 Å². The van der Waals surface area contributed by atoms with Crippen LogP contribution < -0.4 is 0 Å². The summed E-state index contributed by atoms with van der Waals surface area (Å²) in [5.41, 5.74) is -0.250. The predicted octanol–water partition coefficient (Wildman–Crippen LogP) is 2.77. The minimum Gasteiger partial charge on any atom is -0.449 e. The van der Waals surface area contributed by atoms with Crippen LogP contribution >= 0.6 is 0 Å². The maximum absolute atomic E-state index is 12.1. The molecule has 1 amide bonds. The first-order chi connectivity index (χ1) is 9.42. The van der Waals surface area contributed by atoms with Crippen LogP contribution in [0.2, 0.25) is 0 Å². The number of amides is 1. The number of ether oxygens (including phenoxy) is 1. The van der Waals surface area contributed by atoms with Gasteiger partial charge in [-0.15, -0.1) is 0 Å². The molecule has 0 spiro atoms. The lowest BCUT2D eigenvalue weighted by molar-refractivity contribution is -0.190. The molecule has 0 aromatic heterocycles. The SMILES string of the molecule is C[C@H]1CC[C@H](C(C)(C)C)N(C(=O)C(=O)OCC(F)(F)F)C1. The summed E-state index contributed by atoms with van der Waals surface area (Å²) in [6.07, 6.45) is -2.99. The molecule has 0 bridgehead atoms. The summed E-state index contributed by atoms with van der Waals surface area (Å²) < 4.78 is 40.2. The zero-order valence-electron chi connectivity index (χ0n) is 12.8. The lowest BCUT2D eigenvalue weighted by atomic mass is 9.78. The highest BCUT2D eigenvalue weighted by atomic mass is 19.4. The fourth-order valence-corrected chi connectivity index (χ4v) is 2.60. The molecule has 0 N–H and O–H groups in total. The van der Waals surface area contributed by atoms with E-state index in [9.17, 15) is 22.8 Å². The molecule has 1 aliphatic heterocycles. The van der Waals surface area contributed by atoms with Crippen molar-refractivity contribution in [3.05, 3.63) is 0 Å². The summed E-state index contributed by atoms with van der Waals surface area (Å²) in [6, 6.07) is -0.181. The van der Waals surface area contributed by atoms with Crippen LogP contribution in [0.15, 0.2) is 0 Å². The highest BCUT2D eigenvalue weighted by Gasteiger charge is 2.40. The molecule has 122 valence electrons. The van der Waals surface area contributed by atoms with Gasteiger partial charge in [-0.05, 0) is 24.2 Å². The van der Waals surface area contributed by atoms with Crippen LogP contribution in [0.3, 0.4) is 0 Å². The minimum atomic E-state index is -4.63. The summed E-state index contributed by atoms with van der Waals surface area (Å²) in [7, 11) is 0. The smallest absolute Gasteiger partial charge is 0.422 e. The molecule has 0 aliphatic carbocycles. The number of carbonyl (C=O) groups is 2. The van der Waals surface area contributed by atoms with Crippen molar-refractivity contribution in [2.24, 2.45) is 11.3 Å². The third-order valence-electron chi connectivity index (χ3n) is 3.62. The van der Waals surface area contributed by atoms with Gasteiger partial charge in [0.05, 0.1) is 0 Å². The number of halogens is 3. The maximum Gasteiger partial charge on any atom is 0.422 e. The Balaban J connectivity index is 2.78. The number of alkyl halides is 3. The first kappa shape index (κ1) is 17.8. The van der Waals surface area contributed by atoms with Crippen LogP contribution in [0.4, 0.5) is 13.2 Å². The molecule has 1 heterocycles. The molecule has 0 saturated carbocycles. The number of carbonyl (C=O) groups excluding carboxylic acids is 2. The minimum absolute atomic E-state index is 0.181. The summed E-state index contributed by atoms with van der Waals surface area (Å²) in [5.74, 6) is -2.20. The Bertz CT molecular complexity index is 401. The molecule has 0 aromatic rings. The van der Waals surface area contributed by atoms with Crippen molar-refractivity contribution in [3.8, 4) is 0 Å². The van der Waals surface area contributed by atoms with E-state index in [1.54, 1.807) is 0 Å². The van der Waals surface area contributed by atoms with E-state index in [1.807, 2.05) is 27.7 Å². The van der Waals surface area contributed by atoms with Crippen LogP contribution in [0, 0.1) is 11.3 Å². The summed E-state index contributed by atoms with van der Waals surface area (Å²) in [6.45, 7) is 6.39. The zero-order valence-corrected chi connectivity index (χ0v) is 12.8. The van der Waals surface area contributed by atoms with E-state index < -0.39 is 24.7 Å². The van der Waals surface area contributed by atoms with Crippen molar-refractivity contribution in [1.82, 2.24) is 4.90 Å². The Morgan fingerprint density at radius 3 is 2.24 bits per heavy atom. The number of rotatable bonds is 1. The lowest BCUT2D eigenvalue weighted by Crippen LogP contribution is -2.54. The van der Waals surface area contributed by atoms with Crippen molar-refractivity contribution in [3.63, 3.8) is 0 Å². The number of nitrogens with zero attached hydrogens (tertiary/aromatic N) is 1. The average Bonchev–Trinajstić information content (AvgIpc) is 2.32. The van der Waals surface area contributed by atoms with Crippen LogP contribution in [0.5, 0.6) is 0 Å². The summed E-state index contributed by atoms with van der Waals surface area (Å²) in [5, 5.41) is 0. The second kappa shape index (κ2) is 6.23. The van der Waals surface area contributed by atoms with Crippen molar-refractivity contribution < 1.29 is 27.5 Å². The number of hydrogen-bond acceptors (Lipinski definition) is 3. The van der Waals surface area contributed by atoms with Crippen LogP contribution in [0.25, 0.3) is 0 Å². The molecule has 0 unspecified atom stereocenters. The van der Waals surface area contributed by atoms with Crippen LogP contribution in [-0.4, -0.2) is 42.1 Å². The average molecular weight is 309 g/mol. The number of likely N-dealkylation sites (tertiary alicyclic amines) is 1. The van der Waals surface area contributed by atoms with E-state index in [1.165, 1.54) is 4.90 Å². The molecule has 1 aliphatic rings. The van der Waals surface area contributed by atoms with Gasteiger partial charge in [-0.2, -0.15) is 13.2 Å². The van der Waals surface area contributed by atoms with Crippen LogP contribution in [0.1, 0.15) is 40.5 Å². The standard InChI is InChI=1S/C14H22F3NO3/c1-9-5-6-10(13(2,3)4)18(7-9)11(19)12(20)21-8-14(15,16)17/h9-10H,5-8H2,1-4H3/t9-,10+/m0/s1. The number of esters is 1. The fraction of sp³-hybridized carbons (Fsp3) is 0.857. The molecule has 1 saturated heterocycles. The largest absolute Gasteiger partial charge is 0.449 e. The van der Waals surface area contributed by atoms with Gasteiger partial charge in [-0.25, -0.2) is 4.79 Å². The van der Waals surface area contributed by atoms with E-state index >= 15 is 0 Å². The fourth-order valence-electron chi connectivity index (χ4n) is 2.60. The van der Waals surface area contributed by atoms with Gasteiger partial charge in [0.2, 0.25) is 0 Å². The van der Waals surface area contributed by atoms with Gasteiger partial charge in [-0.1, -0.05) is 27.7 Å². The highest BCUT2D eigenvalue weighted by Crippen LogP contribution is 2.33. The Morgan fingerprint density at radius 2 is 1.76 bits per heavy atom. The highest BCUT2D eigenvalue weighted by molar-refractivity contribution is 6.32. The molecule has 1 fully saturated rings. The van der Waals surface area contributed by atoms with E-state index in [0.717, 1.165) is 12.8 Å². The Hall–Kier alpha value is -1.27. The second-order valence-corrected chi connectivity index (χ2v) is 6.71. The third kappa shape index (κ3) is 5.21. The molecule has 4 nitrogen and oxygen atoms in total.